The molecule has 0 atom stereocenters. The maximum atomic E-state index is 11.8. The van der Waals surface area contributed by atoms with Crippen LogP contribution in [0.15, 0.2) is 54.6 Å². The van der Waals surface area contributed by atoms with Crippen molar-refractivity contribution in [3.8, 4) is 0 Å². The van der Waals surface area contributed by atoms with Gasteiger partial charge in [0.15, 0.2) is 6.61 Å². The molecule has 0 saturated carbocycles. The van der Waals surface area contributed by atoms with Gasteiger partial charge in [-0.2, -0.15) is 0 Å². The summed E-state index contributed by atoms with van der Waals surface area (Å²) in [5.74, 6) is -1.24. The molecule has 0 spiro atoms. The van der Waals surface area contributed by atoms with Crippen LogP contribution in [0.4, 0.5) is 5.69 Å². The third kappa shape index (κ3) is 7.73. The fourth-order valence-electron chi connectivity index (χ4n) is 2.34. The SMILES string of the molecule is CCc1ccc(NC(=O)COC(=O)CCC(=O)NCc2ccccc2)cc1. The van der Waals surface area contributed by atoms with Gasteiger partial charge >= 0.3 is 5.97 Å². The van der Waals surface area contributed by atoms with Crippen LogP contribution in [0.3, 0.4) is 0 Å². The van der Waals surface area contributed by atoms with E-state index in [-0.39, 0.29) is 25.4 Å². The standard InChI is InChI=1S/C21H24N2O4/c1-2-16-8-10-18(11-9-16)23-20(25)15-27-21(26)13-12-19(24)22-14-17-6-4-3-5-7-17/h3-11H,2,12-15H2,1H3,(H,22,24)(H,23,25). The van der Waals surface area contributed by atoms with Gasteiger partial charge in [-0.1, -0.05) is 49.4 Å². The molecule has 0 saturated heterocycles. The molecule has 2 rings (SSSR count). The Morgan fingerprint density at radius 3 is 2.22 bits per heavy atom. The monoisotopic (exact) mass is 368 g/mol. The van der Waals surface area contributed by atoms with Crippen molar-refractivity contribution < 1.29 is 19.1 Å². The second-order valence-electron chi connectivity index (χ2n) is 6.02. The topological polar surface area (TPSA) is 84.5 Å². The molecular formula is C21H24N2O4. The number of hydrogen-bond acceptors (Lipinski definition) is 4. The van der Waals surface area contributed by atoms with Crippen LogP contribution in [0.2, 0.25) is 0 Å². The van der Waals surface area contributed by atoms with Crippen molar-refractivity contribution in [3.05, 3.63) is 65.7 Å². The first-order valence-corrected chi connectivity index (χ1v) is 8.92. The number of carbonyl (C=O) groups excluding carboxylic acids is 3. The minimum Gasteiger partial charge on any atom is -0.456 e. The van der Waals surface area contributed by atoms with Crippen molar-refractivity contribution in [1.29, 1.82) is 0 Å². The van der Waals surface area contributed by atoms with Crippen molar-refractivity contribution in [1.82, 2.24) is 5.32 Å². The second-order valence-corrected chi connectivity index (χ2v) is 6.02. The molecule has 0 fully saturated rings. The van der Waals surface area contributed by atoms with E-state index in [1.165, 1.54) is 5.56 Å². The van der Waals surface area contributed by atoms with Gasteiger partial charge in [0.05, 0.1) is 6.42 Å². The molecular weight excluding hydrogens is 344 g/mol. The Kier molecular flexibility index (Phi) is 8.03. The summed E-state index contributed by atoms with van der Waals surface area (Å²) in [5.41, 5.74) is 2.80. The molecule has 0 aliphatic rings. The smallest absolute Gasteiger partial charge is 0.306 e. The fourth-order valence-corrected chi connectivity index (χ4v) is 2.34. The maximum Gasteiger partial charge on any atom is 0.306 e. The summed E-state index contributed by atoms with van der Waals surface area (Å²) >= 11 is 0. The summed E-state index contributed by atoms with van der Waals surface area (Å²) in [6.07, 6.45) is 0.871. The average molecular weight is 368 g/mol. The third-order valence-electron chi connectivity index (χ3n) is 3.90. The summed E-state index contributed by atoms with van der Waals surface area (Å²) in [6.45, 7) is 2.09. The van der Waals surface area contributed by atoms with Gasteiger partial charge in [0.25, 0.3) is 5.91 Å². The van der Waals surface area contributed by atoms with E-state index in [2.05, 4.69) is 17.6 Å². The van der Waals surface area contributed by atoms with Crippen LogP contribution in [0.5, 0.6) is 0 Å². The molecule has 0 unspecified atom stereocenters. The zero-order valence-corrected chi connectivity index (χ0v) is 15.4. The number of benzene rings is 2. The third-order valence-corrected chi connectivity index (χ3v) is 3.90. The van der Waals surface area contributed by atoms with Gasteiger partial charge in [-0.3, -0.25) is 14.4 Å². The second kappa shape index (κ2) is 10.8. The number of aryl methyl sites for hydroxylation is 1. The van der Waals surface area contributed by atoms with Crippen molar-refractivity contribution >= 4 is 23.5 Å². The molecule has 6 heteroatoms. The van der Waals surface area contributed by atoms with Crippen LogP contribution in [0.25, 0.3) is 0 Å². The largest absolute Gasteiger partial charge is 0.456 e. The van der Waals surface area contributed by atoms with E-state index >= 15 is 0 Å². The number of anilines is 1. The molecule has 2 aromatic rings. The molecule has 27 heavy (non-hydrogen) atoms. The Morgan fingerprint density at radius 2 is 1.56 bits per heavy atom. The highest BCUT2D eigenvalue weighted by molar-refractivity contribution is 5.93. The predicted molar refractivity (Wildman–Crippen MR) is 103 cm³/mol. The highest BCUT2D eigenvalue weighted by atomic mass is 16.5. The summed E-state index contributed by atoms with van der Waals surface area (Å²) in [7, 11) is 0. The molecule has 0 radical (unpaired) electrons. The molecule has 0 bridgehead atoms. The molecule has 0 aliphatic carbocycles. The van der Waals surface area contributed by atoms with E-state index in [0.717, 1.165) is 12.0 Å². The van der Waals surface area contributed by atoms with Crippen LogP contribution < -0.4 is 10.6 Å². The van der Waals surface area contributed by atoms with E-state index in [0.29, 0.717) is 12.2 Å². The molecule has 2 N–H and O–H groups in total. The van der Waals surface area contributed by atoms with Crippen LogP contribution >= 0.6 is 0 Å². The minimum atomic E-state index is -0.582. The average Bonchev–Trinajstić information content (AvgIpc) is 2.70. The number of hydrogen-bond donors (Lipinski definition) is 2. The lowest BCUT2D eigenvalue weighted by Crippen LogP contribution is -2.25. The lowest BCUT2D eigenvalue weighted by atomic mass is 10.1. The zero-order chi connectivity index (χ0) is 19.5. The number of carbonyl (C=O) groups is 3. The first kappa shape index (κ1) is 20.2. The molecule has 0 aliphatic heterocycles. The Hall–Kier alpha value is -3.15. The van der Waals surface area contributed by atoms with Gasteiger partial charge in [0.1, 0.15) is 0 Å². The van der Waals surface area contributed by atoms with Gasteiger partial charge in [-0.15, -0.1) is 0 Å². The van der Waals surface area contributed by atoms with Crippen molar-refractivity contribution in [2.24, 2.45) is 0 Å². The van der Waals surface area contributed by atoms with Gasteiger partial charge in [0.2, 0.25) is 5.91 Å². The number of ether oxygens (including phenoxy) is 1. The first-order chi connectivity index (χ1) is 13.1. The lowest BCUT2D eigenvalue weighted by molar-refractivity contribution is -0.148. The van der Waals surface area contributed by atoms with Crippen molar-refractivity contribution in [2.75, 3.05) is 11.9 Å². The van der Waals surface area contributed by atoms with Crippen LogP contribution in [-0.2, 0) is 32.1 Å². The molecule has 0 aromatic heterocycles. The number of esters is 1. The Morgan fingerprint density at radius 1 is 0.852 bits per heavy atom. The molecule has 6 nitrogen and oxygen atoms in total. The molecule has 2 amide bonds. The van der Waals surface area contributed by atoms with E-state index in [1.54, 1.807) is 12.1 Å². The minimum absolute atomic E-state index is 0.0196. The van der Waals surface area contributed by atoms with E-state index in [9.17, 15) is 14.4 Å². The Bertz CT molecular complexity index is 758. The van der Waals surface area contributed by atoms with E-state index < -0.39 is 11.9 Å². The van der Waals surface area contributed by atoms with Gasteiger partial charge < -0.3 is 15.4 Å². The van der Waals surface area contributed by atoms with Crippen LogP contribution in [-0.4, -0.2) is 24.4 Å². The Balaban J connectivity index is 1.61. The number of nitrogens with one attached hydrogen (secondary N) is 2. The number of amides is 2. The zero-order valence-electron chi connectivity index (χ0n) is 15.4. The van der Waals surface area contributed by atoms with Gasteiger partial charge in [-0.25, -0.2) is 0 Å². The summed E-state index contributed by atoms with van der Waals surface area (Å²) < 4.78 is 4.90. The summed E-state index contributed by atoms with van der Waals surface area (Å²) in [4.78, 5) is 35.2. The highest BCUT2D eigenvalue weighted by Gasteiger charge is 2.10. The lowest BCUT2D eigenvalue weighted by Gasteiger charge is -2.08. The van der Waals surface area contributed by atoms with Crippen LogP contribution in [0.1, 0.15) is 30.9 Å². The quantitative estimate of drug-likeness (QED) is 0.667. The maximum absolute atomic E-state index is 11.8. The summed E-state index contributed by atoms with van der Waals surface area (Å²) in [6, 6.07) is 16.9. The summed E-state index contributed by atoms with van der Waals surface area (Å²) in [5, 5.41) is 5.39. The normalized spacial score (nSPS) is 10.1. The molecule has 2 aromatic carbocycles. The molecule has 0 heterocycles. The van der Waals surface area contributed by atoms with Crippen molar-refractivity contribution in [3.63, 3.8) is 0 Å². The predicted octanol–water partition coefficient (Wildman–Crippen LogP) is 2.83. The van der Waals surface area contributed by atoms with Crippen molar-refractivity contribution in [2.45, 2.75) is 32.7 Å². The fraction of sp³-hybridized carbons (Fsp3) is 0.286. The number of rotatable bonds is 9. The Labute approximate surface area is 158 Å². The van der Waals surface area contributed by atoms with E-state index in [1.807, 2.05) is 42.5 Å². The van der Waals surface area contributed by atoms with Crippen LogP contribution in [0, 0.1) is 0 Å². The van der Waals surface area contributed by atoms with Gasteiger partial charge in [-0.05, 0) is 29.7 Å². The van der Waals surface area contributed by atoms with Gasteiger partial charge in [0, 0.05) is 18.7 Å². The highest BCUT2D eigenvalue weighted by Crippen LogP contribution is 2.09. The molecule has 142 valence electrons. The first-order valence-electron chi connectivity index (χ1n) is 8.92. The van der Waals surface area contributed by atoms with E-state index in [4.69, 9.17) is 4.74 Å².